The molecule has 102 valence electrons. The average Bonchev–Trinajstić information content (AvgIpc) is 2.38. The van der Waals surface area contributed by atoms with Crippen molar-refractivity contribution >= 4 is 5.82 Å². The van der Waals surface area contributed by atoms with Gasteiger partial charge in [-0.05, 0) is 50.2 Å². The lowest BCUT2D eigenvalue weighted by molar-refractivity contribution is 0.310. The van der Waals surface area contributed by atoms with E-state index in [1.54, 1.807) is 0 Å². The molecule has 0 aromatic carbocycles. The second kappa shape index (κ2) is 5.61. The summed E-state index contributed by atoms with van der Waals surface area (Å²) in [6.45, 7) is 10.6. The summed E-state index contributed by atoms with van der Waals surface area (Å²) in [4.78, 5) is 6.89. The molecular weight excluding hydrogens is 234 g/mol. The molecule has 3 nitrogen and oxygen atoms in total. The van der Waals surface area contributed by atoms with Gasteiger partial charge in [0.15, 0.2) is 0 Å². The second-order valence-electron chi connectivity index (χ2n) is 5.96. The number of aryl methyl sites for hydroxylation is 2. The number of anilines is 1. The summed E-state index contributed by atoms with van der Waals surface area (Å²) < 4.78 is 0. The van der Waals surface area contributed by atoms with Crippen molar-refractivity contribution < 1.29 is 0 Å². The monoisotopic (exact) mass is 257 g/mol. The SMILES string of the molecule is Cc1cc(C)c(C#N)c(N2CCC(C(C)C)CC2)n1. The zero-order valence-electron chi connectivity index (χ0n) is 12.4. The van der Waals surface area contributed by atoms with Gasteiger partial charge >= 0.3 is 0 Å². The smallest absolute Gasteiger partial charge is 0.147 e. The van der Waals surface area contributed by atoms with E-state index in [0.717, 1.165) is 47.6 Å². The normalized spacial score (nSPS) is 16.7. The first-order valence-corrected chi connectivity index (χ1v) is 7.16. The van der Waals surface area contributed by atoms with Gasteiger partial charge in [0.25, 0.3) is 0 Å². The molecule has 0 aliphatic carbocycles. The Bertz CT molecular complexity index is 491. The van der Waals surface area contributed by atoms with Crippen LogP contribution in [0.15, 0.2) is 6.07 Å². The zero-order valence-corrected chi connectivity index (χ0v) is 12.4. The standard InChI is InChI=1S/C16H23N3/c1-11(2)14-5-7-19(8-6-14)16-15(10-17)12(3)9-13(4)18-16/h9,11,14H,5-8H2,1-4H3. The highest BCUT2D eigenvalue weighted by atomic mass is 15.2. The zero-order chi connectivity index (χ0) is 14.0. The minimum atomic E-state index is 0.744. The van der Waals surface area contributed by atoms with E-state index in [2.05, 4.69) is 29.8 Å². The Morgan fingerprint density at radius 3 is 2.47 bits per heavy atom. The van der Waals surface area contributed by atoms with Crippen LogP contribution < -0.4 is 4.90 Å². The maximum atomic E-state index is 9.34. The molecule has 0 atom stereocenters. The van der Waals surface area contributed by atoms with E-state index in [4.69, 9.17) is 0 Å². The number of aromatic nitrogens is 1. The number of pyridine rings is 1. The first-order valence-electron chi connectivity index (χ1n) is 7.16. The van der Waals surface area contributed by atoms with Crippen LogP contribution in [0, 0.1) is 37.0 Å². The fourth-order valence-corrected chi connectivity index (χ4v) is 2.96. The van der Waals surface area contributed by atoms with E-state index in [1.165, 1.54) is 12.8 Å². The molecule has 1 aliphatic heterocycles. The van der Waals surface area contributed by atoms with Crippen LogP contribution in [0.25, 0.3) is 0 Å². The molecule has 1 fully saturated rings. The molecule has 1 aromatic heterocycles. The largest absolute Gasteiger partial charge is 0.355 e. The third kappa shape index (κ3) is 2.89. The maximum Gasteiger partial charge on any atom is 0.147 e. The minimum absolute atomic E-state index is 0.744. The van der Waals surface area contributed by atoms with Crippen LogP contribution in [-0.4, -0.2) is 18.1 Å². The van der Waals surface area contributed by atoms with E-state index in [0.29, 0.717) is 0 Å². The highest BCUT2D eigenvalue weighted by Gasteiger charge is 2.24. The summed E-state index contributed by atoms with van der Waals surface area (Å²) in [5, 5.41) is 9.34. The van der Waals surface area contributed by atoms with E-state index >= 15 is 0 Å². The van der Waals surface area contributed by atoms with Crippen LogP contribution in [-0.2, 0) is 0 Å². The highest BCUT2D eigenvalue weighted by molar-refractivity contribution is 5.58. The summed E-state index contributed by atoms with van der Waals surface area (Å²) >= 11 is 0. The molecule has 1 aliphatic rings. The van der Waals surface area contributed by atoms with E-state index in [9.17, 15) is 5.26 Å². The van der Waals surface area contributed by atoms with E-state index < -0.39 is 0 Å². The molecule has 0 radical (unpaired) electrons. The van der Waals surface area contributed by atoms with Crippen molar-refractivity contribution in [3.63, 3.8) is 0 Å². The van der Waals surface area contributed by atoms with Crippen molar-refractivity contribution in [3.05, 3.63) is 22.9 Å². The summed E-state index contributed by atoms with van der Waals surface area (Å²) in [5.74, 6) is 2.46. The van der Waals surface area contributed by atoms with Crippen LogP contribution in [0.2, 0.25) is 0 Å². The fraction of sp³-hybridized carbons (Fsp3) is 0.625. The summed E-state index contributed by atoms with van der Waals surface area (Å²) in [6, 6.07) is 4.31. The molecule has 19 heavy (non-hydrogen) atoms. The minimum Gasteiger partial charge on any atom is -0.355 e. The van der Waals surface area contributed by atoms with Gasteiger partial charge in [0.05, 0.1) is 5.56 Å². The maximum absolute atomic E-state index is 9.34. The lowest BCUT2D eigenvalue weighted by Gasteiger charge is -2.35. The van der Waals surface area contributed by atoms with Crippen LogP contribution in [0.3, 0.4) is 0 Å². The van der Waals surface area contributed by atoms with Gasteiger partial charge in [-0.1, -0.05) is 13.8 Å². The first-order chi connectivity index (χ1) is 9.02. The number of hydrogen-bond donors (Lipinski definition) is 0. The number of nitrogens with zero attached hydrogens (tertiary/aromatic N) is 3. The summed E-state index contributed by atoms with van der Waals surface area (Å²) in [6.07, 6.45) is 2.41. The van der Waals surface area contributed by atoms with Crippen molar-refractivity contribution in [2.24, 2.45) is 11.8 Å². The Balaban J connectivity index is 2.22. The van der Waals surface area contributed by atoms with Crippen LogP contribution in [0.5, 0.6) is 0 Å². The third-order valence-electron chi connectivity index (χ3n) is 4.22. The molecule has 0 bridgehead atoms. The van der Waals surface area contributed by atoms with Crippen molar-refractivity contribution in [1.82, 2.24) is 4.98 Å². The first kappa shape index (κ1) is 13.9. The van der Waals surface area contributed by atoms with Crippen molar-refractivity contribution in [2.75, 3.05) is 18.0 Å². The number of rotatable bonds is 2. The van der Waals surface area contributed by atoms with Gasteiger partial charge in [0, 0.05) is 18.8 Å². The fourth-order valence-electron chi connectivity index (χ4n) is 2.96. The van der Waals surface area contributed by atoms with Crippen molar-refractivity contribution in [2.45, 2.75) is 40.5 Å². The molecule has 3 heteroatoms. The Labute approximate surface area is 116 Å². The van der Waals surface area contributed by atoms with Crippen molar-refractivity contribution in [1.29, 1.82) is 5.26 Å². The molecule has 2 rings (SSSR count). The Morgan fingerprint density at radius 2 is 1.95 bits per heavy atom. The summed E-state index contributed by atoms with van der Waals surface area (Å²) in [5.41, 5.74) is 2.78. The van der Waals surface area contributed by atoms with E-state index in [1.807, 2.05) is 19.9 Å². The van der Waals surface area contributed by atoms with Gasteiger partial charge in [-0.15, -0.1) is 0 Å². The second-order valence-corrected chi connectivity index (χ2v) is 5.96. The Morgan fingerprint density at radius 1 is 1.32 bits per heavy atom. The Hall–Kier alpha value is -1.56. The topological polar surface area (TPSA) is 39.9 Å². The Kier molecular flexibility index (Phi) is 4.09. The molecular formula is C16H23N3. The van der Waals surface area contributed by atoms with Gasteiger partial charge in [-0.3, -0.25) is 0 Å². The summed E-state index contributed by atoms with van der Waals surface area (Å²) in [7, 11) is 0. The van der Waals surface area contributed by atoms with Gasteiger partial charge in [0.1, 0.15) is 11.9 Å². The molecule has 2 heterocycles. The van der Waals surface area contributed by atoms with Gasteiger partial charge in [-0.2, -0.15) is 5.26 Å². The van der Waals surface area contributed by atoms with E-state index in [-0.39, 0.29) is 0 Å². The molecule has 0 unspecified atom stereocenters. The van der Waals surface area contributed by atoms with Gasteiger partial charge in [0.2, 0.25) is 0 Å². The van der Waals surface area contributed by atoms with Gasteiger partial charge in [-0.25, -0.2) is 4.98 Å². The number of piperidine rings is 1. The lowest BCUT2D eigenvalue weighted by atomic mass is 9.86. The molecule has 1 saturated heterocycles. The van der Waals surface area contributed by atoms with Crippen LogP contribution >= 0.6 is 0 Å². The van der Waals surface area contributed by atoms with Crippen molar-refractivity contribution in [3.8, 4) is 6.07 Å². The molecule has 0 N–H and O–H groups in total. The third-order valence-corrected chi connectivity index (χ3v) is 4.22. The lowest BCUT2D eigenvalue weighted by Crippen LogP contribution is -2.36. The van der Waals surface area contributed by atoms with Gasteiger partial charge < -0.3 is 4.90 Å². The molecule has 0 spiro atoms. The predicted molar refractivity (Wildman–Crippen MR) is 78.2 cm³/mol. The predicted octanol–water partition coefficient (Wildman–Crippen LogP) is 3.44. The molecule has 0 amide bonds. The highest BCUT2D eigenvalue weighted by Crippen LogP contribution is 2.29. The quantitative estimate of drug-likeness (QED) is 0.814. The van der Waals surface area contributed by atoms with Crippen LogP contribution in [0.1, 0.15) is 43.5 Å². The molecule has 1 aromatic rings. The van der Waals surface area contributed by atoms with Crippen LogP contribution in [0.4, 0.5) is 5.82 Å². The number of nitriles is 1. The average molecular weight is 257 g/mol. The molecule has 0 saturated carbocycles. The number of hydrogen-bond acceptors (Lipinski definition) is 3.